The monoisotopic (exact) mass is 300 g/mol. The van der Waals surface area contributed by atoms with Gasteiger partial charge in [-0.3, -0.25) is 0 Å². The van der Waals surface area contributed by atoms with Gasteiger partial charge in [0.1, 0.15) is 0 Å². The first-order chi connectivity index (χ1) is 10.2. The number of thiazole rings is 1. The molecule has 0 radical (unpaired) electrons. The molecule has 1 aliphatic rings. The second kappa shape index (κ2) is 6.61. The standard InChI is InChI=1S/C18H24N2S/c1-3-14-4-8-16(9-5-14)20-17-10-6-15(7-11-17)18-12-21-13(2)19-18/h6-7,10-12,14,16,20H,3-5,8-9H2,1-2H3. The molecule has 1 heterocycles. The van der Waals surface area contributed by atoms with E-state index in [0.717, 1.165) is 16.6 Å². The summed E-state index contributed by atoms with van der Waals surface area (Å²) in [6, 6.07) is 9.38. The number of benzene rings is 1. The van der Waals surface area contributed by atoms with Crippen LogP contribution in [-0.2, 0) is 0 Å². The van der Waals surface area contributed by atoms with Crippen molar-refractivity contribution < 1.29 is 0 Å². The zero-order chi connectivity index (χ0) is 14.7. The highest BCUT2D eigenvalue weighted by atomic mass is 32.1. The zero-order valence-corrected chi connectivity index (χ0v) is 13.7. The summed E-state index contributed by atoms with van der Waals surface area (Å²) in [6.45, 7) is 4.37. The molecule has 1 N–H and O–H groups in total. The van der Waals surface area contributed by atoms with Crippen LogP contribution in [0.5, 0.6) is 0 Å². The van der Waals surface area contributed by atoms with E-state index < -0.39 is 0 Å². The second-order valence-electron chi connectivity index (χ2n) is 6.10. The van der Waals surface area contributed by atoms with Crippen molar-refractivity contribution in [2.24, 2.45) is 5.92 Å². The van der Waals surface area contributed by atoms with E-state index in [4.69, 9.17) is 0 Å². The number of hydrogen-bond acceptors (Lipinski definition) is 3. The number of nitrogens with one attached hydrogen (secondary N) is 1. The van der Waals surface area contributed by atoms with Crippen molar-refractivity contribution in [3.8, 4) is 11.3 Å². The fourth-order valence-corrected chi connectivity index (χ4v) is 3.81. The normalized spacial score (nSPS) is 22.2. The molecule has 0 amide bonds. The van der Waals surface area contributed by atoms with Crippen molar-refractivity contribution >= 4 is 17.0 Å². The Balaban J connectivity index is 1.60. The van der Waals surface area contributed by atoms with Crippen molar-refractivity contribution in [3.63, 3.8) is 0 Å². The first-order valence-electron chi connectivity index (χ1n) is 8.03. The van der Waals surface area contributed by atoms with Gasteiger partial charge < -0.3 is 5.32 Å². The van der Waals surface area contributed by atoms with Crippen LogP contribution in [0.1, 0.15) is 44.0 Å². The van der Waals surface area contributed by atoms with Gasteiger partial charge in [0.05, 0.1) is 10.7 Å². The maximum atomic E-state index is 4.54. The van der Waals surface area contributed by atoms with Crippen molar-refractivity contribution in [1.29, 1.82) is 0 Å². The SMILES string of the molecule is CCC1CCC(Nc2ccc(-c3csc(C)n3)cc2)CC1. The summed E-state index contributed by atoms with van der Waals surface area (Å²) in [5.74, 6) is 0.957. The summed E-state index contributed by atoms with van der Waals surface area (Å²) in [7, 11) is 0. The molecule has 0 aliphatic heterocycles. The van der Waals surface area contributed by atoms with Crippen LogP contribution in [0.4, 0.5) is 5.69 Å². The smallest absolute Gasteiger partial charge is 0.0901 e. The fraction of sp³-hybridized carbons (Fsp3) is 0.500. The lowest BCUT2D eigenvalue weighted by Crippen LogP contribution is -2.25. The molecule has 3 heteroatoms. The first-order valence-corrected chi connectivity index (χ1v) is 8.91. The van der Waals surface area contributed by atoms with Gasteiger partial charge in [-0.15, -0.1) is 11.3 Å². The summed E-state index contributed by atoms with van der Waals surface area (Å²) in [6.07, 6.45) is 6.72. The number of hydrogen-bond donors (Lipinski definition) is 1. The van der Waals surface area contributed by atoms with Crippen LogP contribution in [0.15, 0.2) is 29.6 Å². The Kier molecular flexibility index (Phi) is 4.59. The predicted octanol–water partition coefficient (Wildman–Crippen LogP) is 5.50. The van der Waals surface area contributed by atoms with Gasteiger partial charge in [0, 0.05) is 22.7 Å². The van der Waals surface area contributed by atoms with Crippen LogP contribution < -0.4 is 5.32 Å². The lowest BCUT2D eigenvalue weighted by molar-refractivity contribution is 0.330. The summed E-state index contributed by atoms with van der Waals surface area (Å²) in [5, 5.41) is 6.95. The minimum atomic E-state index is 0.653. The Morgan fingerprint density at radius 3 is 2.43 bits per heavy atom. The Morgan fingerprint density at radius 1 is 1.14 bits per heavy atom. The van der Waals surface area contributed by atoms with Gasteiger partial charge in [0.15, 0.2) is 0 Å². The van der Waals surface area contributed by atoms with Gasteiger partial charge in [-0.2, -0.15) is 0 Å². The Morgan fingerprint density at radius 2 is 1.86 bits per heavy atom. The van der Waals surface area contributed by atoms with Gasteiger partial charge in [0.25, 0.3) is 0 Å². The third-order valence-corrected chi connectivity index (χ3v) is 5.37. The number of nitrogens with zero attached hydrogens (tertiary/aromatic N) is 1. The molecule has 1 aliphatic carbocycles. The quantitative estimate of drug-likeness (QED) is 0.806. The van der Waals surface area contributed by atoms with Crippen LogP contribution in [-0.4, -0.2) is 11.0 Å². The summed E-state index contributed by atoms with van der Waals surface area (Å²) < 4.78 is 0. The van der Waals surface area contributed by atoms with Crippen LogP contribution in [0.25, 0.3) is 11.3 Å². The van der Waals surface area contributed by atoms with Gasteiger partial charge in [-0.1, -0.05) is 25.5 Å². The molecule has 3 rings (SSSR count). The molecule has 0 unspecified atom stereocenters. The van der Waals surface area contributed by atoms with E-state index in [-0.39, 0.29) is 0 Å². The highest BCUT2D eigenvalue weighted by Crippen LogP contribution is 2.29. The van der Waals surface area contributed by atoms with Crippen molar-refractivity contribution in [1.82, 2.24) is 4.98 Å². The maximum absolute atomic E-state index is 4.54. The topological polar surface area (TPSA) is 24.9 Å². The lowest BCUT2D eigenvalue weighted by atomic mass is 9.84. The predicted molar refractivity (Wildman–Crippen MR) is 91.9 cm³/mol. The molecule has 0 saturated heterocycles. The first kappa shape index (κ1) is 14.6. The minimum absolute atomic E-state index is 0.653. The van der Waals surface area contributed by atoms with E-state index in [1.807, 2.05) is 0 Å². The average molecular weight is 300 g/mol. The summed E-state index contributed by atoms with van der Waals surface area (Å²) in [4.78, 5) is 4.54. The third-order valence-electron chi connectivity index (χ3n) is 4.59. The molecular formula is C18H24N2S. The molecular weight excluding hydrogens is 276 g/mol. The molecule has 2 aromatic rings. The molecule has 0 bridgehead atoms. The van der Waals surface area contributed by atoms with E-state index in [1.165, 1.54) is 43.4 Å². The maximum Gasteiger partial charge on any atom is 0.0901 e. The summed E-state index contributed by atoms with van der Waals surface area (Å²) in [5.41, 5.74) is 3.54. The van der Waals surface area contributed by atoms with Crippen molar-refractivity contribution in [2.45, 2.75) is 52.0 Å². The Labute approximate surface area is 131 Å². The zero-order valence-electron chi connectivity index (χ0n) is 12.9. The number of anilines is 1. The largest absolute Gasteiger partial charge is 0.382 e. The van der Waals surface area contributed by atoms with Crippen LogP contribution in [0, 0.1) is 12.8 Å². The minimum Gasteiger partial charge on any atom is -0.382 e. The van der Waals surface area contributed by atoms with E-state index in [1.54, 1.807) is 11.3 Å². The molecule has 0 atom stereocenters. The van der Waals surface area contributed by atoms with Crippen LogP contribution in [0.3, 0.4) is 0 Å². The lowest BCUT2D eigenvalue weighted by Gasteiger charge is -2.29. The molecule has 1 saturated carbocycles. The van der Waals surface area contributed by atoms with E-state index in [9.17, 15) is 0 Å². The number of aromatic nitrogens is 1. The van der Waals surface area contributed by atoms with E-state index in [2.05, 4.69) is 53.8 Å². The molecule has 21 heavy (non-hydrogen) atoms. The Bertz CT molecular complexity index is 565. The van der Waals surface area contributed by atoms with E-state index >= 15 is 0 Å². The van der Waals surface area contributed by atoms with Gasteiger partial charge in [-0.05, 0) is 50.7 Å². The number of rotatable bonds is 4. The molecule has 1 aromatic carbocycles. The highest BCUT2D eigenvalue weighted by Gasteiger charge is 2.19. The fourth-order valence-electron chi connectivity index (χ4n) is 3.18. The number of aryl methyl sites for hydroxylation is 1. The van der Waals surface area contributed by atoms with E-state index in [0.29, 0.717) is 6.04 Å². The average Bonchev–Trinajstić information content (AvgIpc) is 2.95. The van der Waals surface area contributed by atoms with Crippen molar-refractivity contribution in [2.75, 3.05) is 5.32 Å². The summed E-state index contributed by atoms with van der Waals surface area (Å²) >= 11 is 1.71. The third kappa shape index (κ3) is 3.65. The van der Waals surface area contributed by atoms with Gasteiger partial charge >= 0.3 is 0 Å². The Hall–Kier alpha value is -1.35. The molecule has 0 spiro atoms. The molecule has 112 valence electrons. The van der Waals surface area contributed by atoms with Crippen LogP contribution in [0.2, 0.25) is 0 Å². The van der Waals surface area contributed by atoms with Gasteiger partial charge in [0.2, 0.25) is 0 Å². The molecule has 1 aromatic heterocycles. The molecule has 2 nitrogen and oxygen atoms in total. The van der Waals surface area contributed by atoms with Gasteiger partial charge in [-0.25, -0.2) is 4.98 Å². The van der Waals surface area contributed by atoms with Crippen molar-refractivity contribution in [3.05, 3.63) is 34.7 Å². The second-order valence-corrected chi connectivity index (χ2v) is 7.16. The van der Waals surface area contributed by atoms with Crippen LogP contribution >= 0.6 is 11.3 Å². The molecule has 1 fully saturated rings. The highest BCUT2D eigenvalue weighted by molar-refractivity contribution is 7.09.